The molecule has 0 radical (unpaired) electrons. The number of nitrogens with zero attached hydrogens (tertiary/aromatic N) is 1. The summed E-state index contributed by atoms with van der Waals surface area (Å²) in [7, 11) is -2.50. The van der Waals surface area contributed by atoms with Crippen molar-refractivity contribution in [1.29, 1.82) is 5.26 Å². The molecule has 29 heavy (non-hydrogen) atoms. The fourth-order valence-electron chi connectivity index (χ4n) is 2.26. The Kier molecular flexibility index (Phi) is 7.46. The van der Waals surface area contributed by atoms with Crippen molar-refractivity contribution in [1.82, 2.24) is 4.72 Å². The van der Waals surface area contributed by atoms with Crippen molar-refractivity contribution in [3.63, 3.8) is 0 Å². The molecule has 0 aromatic heterocycles. The van der Waals surface area contributed by atoms with Crippen LogP contribution in [0.2, 0.25) is 0 Å². The summed E-state index contributed by atoms with van der Waals surface area (Å²) in [6.07, 6.45) is 0.0266. The number of amides is 1. The number of nitrogens with one attached hydrogen (secondary N) is 2. The van der Waals surface area contributed by atoms with Crippen LogP contribution in [0.3, 0.4) is 0 Å². The van der Waals surface area contributed by atoms with Crippen LogP contribution in [0.5, 0.6) is 11.5 Å². The number of nitriles is 1. The molecule has 0 heterocycles. The van der Waals surface area contributed by atoms with E-state index in [0.717, 1.165) is 0 Å². The van der Waals surface area contributed by atoms with E-state index in [4.69, 9.17) is 10.00 Å². The minimum atomic E-state index is -3.79. The Bertz CT molecular complexity index is 1010. The molecule has 8 nitrogen and oxygen atoms in total. The van der Waals surface area contributed by atoms with Gasteiger partial charge in [0.25, 0.3) is 5.91 Å². The normalized spacial score (nSPS) is 11.0. The SMILES string of the molecule is COc1ccc(NC(=O)c2ccc(S(=O)(=O)NCCC#N)cc2)cc1OC(F)F. The van der Waals surface area contributed by atoms with Gasteiger partial charge in [-0.3, -0.25) is 4.79 Å². The van der Waals surface area contributed by atoms with Crippen molar-refractivity contribution < 1.29 is 31.5 Å². The maximum absolute atomic E-state index is 12.5. The van der Waals surface area contributed by atoms with Gasteiger partial charge in [-0.15, -0.1) is 0 Å². The van der Waals surface area contributed by atoms with E-state index in [9.17, 15) is 22.0 Å². The van der Waals surface area contributed by atoms with E-state index >= 15 is 0 Å². The van der Waals surface area contributed by atoms with Gasteiger partial charge in [-0.05, 0) is 36.4 Å². The predicted octanol–water partition coefficient (Wildman–Crippen LogP) is 2.74. The number of benzene rings is 2. The number of halogens is 2. The highest BCUT2D eigenvalue weighted by molar-refractivity contribution is 7.89. The molecule has 154 valence electrons. The van der Waals surface area contributed by atoms with E-state index in [1.165, 1.54) is 49.6 Å². The van der Waals surface area contributed by atoms with Gasteiger partial charge in [-0.25, -0.2) is 13.1 Å². The summed E-state index contributed by atoms with van der Waals surface area (Å²) in [6.45, 7) is -3.09. The summed E-state index contributed by atoms with van der Waals surface area (Å²) < 4.78 is 60.6. The Morgan fingerprint density at radius 1 is 1.17 bits per heavy atom. The van der Waals surface area contributed by atoms with Gasteiger partial charge in [0, 0.05) is 30.3 Å². The van der Waals surface area contributed by atoms with Crippen LogP contribution in [0.4, 0.5) is 14.5 Å². The number of methoxy groups -OCH3 is 1. The minimum absolute atomic E-state index is 0.0262. The maximum Gasteiger partial charge on any atom is 0.387 e. The van der Waals surface area contributed by atoms with Crippen molar-refractivity contribution in [2.45, 2.75) is 17.9 Å². The van der Waals surface area contributed by atoms with E-state index in [1.807, 2.05) is 6.07 Å². The first-order valence-corrected chi connectivity index (χ1v) is 9.66. The first kappa shape index (κ1) is 22.1. The summed E-state index contributed by atoms with van der Waals surface area (Å²) >= 11 is 0. The number of hydrogen-bond acceptors (Lipinski definition) is 6. The standard InChI is InChI=1S/C18H17F2N3O5S/c1-27-15-8-5-13(11-16(15)28-18(19)20)23-17(24)12-3-6-14(7-4-12)29(25,26)22-10-2-9-21/h3-8,11,18,22H,2,10H2,1H3,(H,23,24). The molecule has 0 saturated carbocycles. The number of ether oxygens (including phenoxy) is 2. The zero-order valence-electron chi connectivity index (χ0n) is 15.2. The molecule has 2 rings (SSSR count). The number of carbonyl (C=O) groups is 1. The maximum atomic E-state index is 12.5. The average Bonchev–Trinajstić information content (AvgIpc) is 2.68. The quantitative estimate of drug-likeness (QED) is 0.597. The van der Waals surface area contributed by atoms with Gasteiger partial charge in [0.15, 0.2) is 11.5 Å². The van der Waals surface area contributed by atoms with Crippen LogP contribution in [0.15, 0.2) is 47.4 Å². The fourth-order valence-corrected chi connectivity index (χ4v) is 3.29. The zero-order chi connectivity index (χ0) is 21.4. The highest BCUT2D eigenvalue weighted by atomic mass is 32.2. The van der Waals surface area contributed by atoms with E-state index in [-0.39, 0.29) is 40.6 Å². The average molecular weight is 425 g/mol. The van der Waals surface area contributed by atoms with Crippen LogP contribution in [0.1, 0.15) is 16.8 Å². The Morgan fingerprint density at radius 2 is 1.86 bits per heavy atom. The second-order valence-corrected chi connectivity index (χ2v) is 7.30. The van der Waals surface area contributed by atoms with Gasteiger partial charge >= 0.3 is 6.61 Å². The van der Waals surface area contributed by atoms with Crippen molar-refractivity contribution in [2.75, 3.05) is 19.0 Å². The van der Waals surface area contributed by atoms with Gasteiger partial charge in [-0.2, -0.15) is 14.0 Å². The zero-order valence-corrected chi connectivity index (χ0v) is 16.0. The molecule has 2 aromatic rings. The van der Waals surface area contributed by atoms with Gasteiger partial charge < -0.3 is 14.8 Å². The van der Waals surface area contributed by atoms with E-state index in [2.05, 4.69) is 14.8 Å². The minimum Gasteiger partial charge on any atom is -0.493 e. The Balaban J connectivity index is 2.12. The van der Waals surface area contributed by atoms with Crippen LogP contribution in [0, 0.1) is 11.3 Å². The third-order valence-corrected chi connectivity index (χ3v) is 5.07. The molecule has 0 bridgehead atoms. The van der Waals surface area contributed by atoms with Crippen LogP contribution in [0.25, 0.3) is 0 Å². The predicted molar refractivity (Wildman–Crippen MR) is 99.4 cm³/mol. The molecular weight excluding hydrogens is 408 g/mol. The monoisotopic (exact) mass is 425 g/mol. The highest BCUT2D eigenvalue weighted by Crippen LogP contribution is 2.31. The van der Waals surface area contributed by atoms with Crippen molar-refractivity contribution in [2.24, 2.45) is 0 Å². The van der Waals surface area contributed by atoms with Gasteiger partial charge in [-0.1, -0.05) is 0 Å². The molecule has 0 aliphatic heterocycles. The van der Waals surface area contributed by atoms with Crippen molar-refractivity contribution >= 4 is 21.6 Å². The third kappa shape index (κ3) is 6.13. The molecule has 0 fully saturated rings. The molecule has 0 spiro atoms. The lowest BCUT2D eigenvalue weighted by Gasteiger charge is -2.12. The summed E-state index contributed by atoms with van der Waals surface area (Å²) in [5.41, 5.74) is 0.328. The topological polar surface area (TPSA) is 118 Å². The van der Waals surface area contributed by atoms with Crippen LogP contribution < -0.4 is 19.5 Å². The van der Waals surface area contributed by atoms with Crippen molar-refractivity contribution in [3.8, 4) is 17.6 Å². The summed E-state index contributed by atoms with van der Waals surface area (Å²) in [6, 6.07) is 10.9. The summed E-state index contributed by atoms with van der Waals surface area (Å²) in [5.74, 6) is -0.758. The molecule has 11 heteroatoms. The lowest BCUT2D eigenvalue weighted by molar-refractivity contribution is -0.0511. The van der Waals surface area contributed by atoms with E-state index in [1.54, 1.807) is 0 Å². The molecule has 0 aliphatic rings. The van der Waals surface area contributed by atoms with Gasteiger partial charge in [0.1, 0.15) is 0 Å². The van der Waals surface area contributed by atoms with Gasteiger partial charge in [0.05, 0.1) is 18.1 Å². The molecule has 2 N–H and O–H groups in total. The van der Waals surface area contributed by atoms with E-state index < -0.39 is 22.5 Å². The molecule has 0 saturated heterocycles. The smallest absolute Gasteiger partial charge is 0.387 e. The number of alkyl halides is 2. The Labute approximate surface area is 166 Å². The van der Waals surface area contributed by atoms with Crippen molar-refractivity contribution in [3.05, 3.63) is 48.0 Å². The number of carbonyl (C=O) groups excluding carboxylic acids is 1. The second-order valence-electron chi connectivity index (χ2n) is 5.53. The number of rotatable bonds is 9. The first-order valence-electron chi connectivity index (χ1n) is 8.17. The lowest BCUT2D eigenvalue weighted by atomic mass is 10.2. The number of sulfonamides is 1. The lowest BCUT2D eigenvalue weighted by Crippen LogP contribution is -2.24. The van der Waals surface area contributed by atoms with Crippen LogP contribution >= 0.6 is 0 Å². The second kappa shape index (κ2) is 9.81. The first-order chi connectivity index (χ1) is 13.8. The summed E-state index contributed by atoms with van der Waals surface area (Å²) in [4.78, 5) is 12.3. The van der Waals surface area contributed by atoms with Crippen LogP contribution in [-0.4, -0.2) is 34.6 Å². The molecule has 0 unspecified atom stereocenters. The largest absolute Gasteiger partial charge is 0.493 e. The van der Waals surface area contributed by atoms with Gasteiger partial charge in [0.2, 0.25) is 10.0 Å². The van der Waals surface area contributed by atoms with E-state index in [0.29, 0.717) is 0 Å². The molecule has 1 amide bonds. The number of hydrogen-bond donors (Lipinski definition) is 2. The molecule has 0 aliphatic carbocycles. The Morgan fingerprint density at radius 3 is 2.45 bits per heavy atom. The fraction of sp³-hybridized carbons (Fsp3) is 0.222. The third-order valence-electron chi connectivity index (χ3n) is 3.59. The molecular formula is C18H17F2N3O5S. The van der Waals surface area contributed by atoms with Crippen LogP contribution in [-0.2, 0) is 10.0 Å². The number of anilines is 1. The summed E-state index contributed by atoms with van der Waals surface area (Å²) in [5, 5.41) is 11.0. The molecule has 0 atom stereocenters. The highest BCUT2D eigenvalue weighted by Gasteiger charge is 2.16. The molecule has 2 aromatic carbocycles. The Hall–Kier alpha value is -3.23.